The van der Waals surface area contributed by atoms with Gasteiger partial charge in [-0.05, 0) is 62.3 Å². The second kappa shape index (κ2) is 13.3. The van der Waals surface area contributed by atoms with Gasteiger partial charge in [-0.15, -0.1) is 11.3 Å². The third-order valence-electron chi connectivity index (χ3n) is 4.71. The quantitative estimate of drug-likeness (QED) is 0.351. The van der Waals surface area contributed by atoms with Gasteiger partial charge in [-0.1, -0.05) is 62.1 Å². The summed E-state index contributed by atoms with van der Waals surface area (Å²) in [6.07, 6.45) is 16.3. The molecule has 0 atom stereocenters. The summed E-state index contributed by atoms with van der Waals surface area (Å²) >= 11 is 1.91. The first kappa shape index (κ1) is 21.4. The number of hydrogen-bond donors (Lipinski definition) is 1. The van der Waals surface area contributed by atoms with Crippen molar-refractivity contribution in [2.24, 2.45) is 0 Å². The highest BCUT2D eigenvalue weighted by atomic mass is 32.1. The Kier molecular flexibility index (Phi) is 10.6. The molecule has 0 amide bonds. The molecule has 0 unspecified atom stereocenters. The summed E-state index contributed by atoms with van der Waals surface area (Å²) in [6, 6.07) is 15.2. The molecule has 2 aromatic rings. The number of allylic oxidation sites excluding steroid dienone is 1. The topological polar surface area (TPSA) is 37.3 Å². The van der Waals surface area contributed by atoms with Crippen molar-refractivity contribution in [1.82, 2.24) is 0 Å². The Labute approximate surface area is 168 Å². The number of thiophene rings is 1. The number of hydrogen-bond acceptors (Lipinski definition) is 2. The maximum absolute atomic E-state index is 10.4. The molecule has 0 bridgehead atoms. The van der Waals surface area contributed by atoms with Crippen LogP contribution in [-0.4, -0.2) is 11.1 Å². The Hall–Kier alpha value is -1.87. The summed E-state index contributed by atoms with van der Waals surface area (Å²) in [6.45, 7) is 0. The Bertz CT molecular complexity index is 673. The van der Waals surface area contributed by atoms with Crippen LogP contribution in [0.5, 0.6) is 0 Å². The fourth-order valence-corrected chi connectivity index (χ4v) is 4.16. The van der Waals surface area contributed by atoms with E-state index in [1.807, 2.05) is 11.3 Å². The Morgan fingerprint density at radius 1 is 0.852 bits per heavy atom. The van der Waals surface area contributed by atoms with E-state index in [9.17, 15) is 4.79 Å². The maximum Gasteiger partial charge on any atom is 0.303 e. The number of aryl methyl sites for hydroxylation is 2. The highest BCUT2D eigenvalue weighted by molar-refractivity contribution is 7.12. The average Bonchev–Trinajstić information content (AvgIpc) is 3.11. The highest BCUT2D eigenvalue weighted by Gasteiger charge is 1.99. The molecule has 1 heterocycles. The van der Waals surface area contributed by atoms with Crippen molar-refractivity contribution in [3.8, 4) is 0 Å². The lowest BCUT2D eigenvalue weighted by Gasteiger charge is -1.99. The van der Waals surface area contributed by atoms with E-state index in [-0.39, 0.29) is 0 Å². The van der Waals surface area contributed by atoms with E-state index in [0.717, 1.165) is 38.5 Å². The first-order chi connectivity index (χ1) is 13.2. The van der Waals surface area contributed by atoms with E-state index in [1.165, 1.54) is 41.0 Å². The zero-order valence-electron chi connectivity index (χ0n) is 16.2. The molecule has 0 radical (unpaired) electrons. The predicted molar refractivity (Wildman–Crippen MR) is 116 cm³/mol. The monoisotopic (exact) mass is 384 g/mol. The van der Waals surface area contributed by atoms with Crippen LogP contribution in [0.2, 0.25) is 0 Å². The maximum atomic E-state index is 10.4. The first-order valence-electron chi connectivity index (χ1n) is 10.2. The van der Waals surface area contributed by atoms with Gasteiger partial charge in [0.2, 0.25) is 0 Å². The summed E-state index contributed by atoms with van der Waals surface area (Å²) in [5, 5.41) is 8.59. The minimum Gasteiger partial charge on any atom is -0.481 e. The van der Waals surface area contributed by atoms with Crippen LogP contribution in [0.25, 0.3) is 6.08 Å². The molecule has 0 aliphatic heterocycles. The van der Waals surface area contributed by atoms with Crippen LogP contribution < -0.4 is 0 Å². The lowest BCUT2D eigenvalue weighted by molar-refractivity contribution is -0.137. The van der Waals surface area contributed by atoms with Gasteiger partial charge in [0.15, 0.2) is 0 Å². The third-order valence-corrected chi connectivity index (χ3v) is 5.82. The fourth-order valence-electron chi connectivity index (χ4n) is 3.17. The zero-order chi connectivity index (χ0) is 19.2. The van der Waals surface area contributed by atoms with Crippen molar-refractivity contribution in [3.05, 3.63) is 63.9 Å². The summed E-state index contributed by atoms with van der Waals surface area (Å²) in [7, 11) is 0. The fraction of sp³-hybridized carbons (Fsp3) is 0.458. The molecule has 27 heavy (non-hydrogen) atoms. The van der Waals surface area contributed by atoms with Gasteiger partial charge in [0.25, 0.3) is 0 Å². The van der Waals surface area contributed by atoms with Crippen molar-refractivity contribution >= 4 is 23.4 Å². The molecular weight excluding hydrogens is 352 g/mol. The lowest BCUT2D eigenvalue weighted by atomic mass is 10.1. The van der Waals surface area contributed by atoms with E-state index >= 15 is 0 Å². The number of carboxylic acid groups (broad SMARTS) is 1. The molecule has 0 saturated heterocycles. The molecule has 0 spiro atoms. The van der Waals surface area contributed by atoms with Crippen LogP contribution in [-0.2, 0) is 17.6 Å². The third kappa shape index (κ3) is 10.1. The lowest BCUT2D eigenvalue weighted by Crippen LogP contribution is -1.93. The van der Waals surface area contributed by atoms with Crippen LogP contribution >= 0.6 is 11.3 Å². The molecule has 1 aromatic heterocycles. The summed E-state index contributed by atoms with van der Waals surface area (Å²) in [5.41, 5.74) is 1.43. The largest absolute Gasteiger partial charge is 0.481 e. The average molecular weight is 385 g/mol. The minimum absolute atomic E-state index is 0.317. The number of carboxylic acids is 1. The van der Waals surface area contributed by atoms with Crippen LogP contribution in [0.15, 0.2) is 48.5 Å². The minimum atomic E-state index is -0.673. The van der Waals surface area contributed by atoms with Crippen molar-refractivity contribution in [2.75, 3.05) is 0 Å². The van der Waals surface area contributed by atoms with Crippen molar-refractivity contribution in [3.63, 3.8) is 0 Å². The SMILES string of the molecule is O=C(O)CCCCCCCCC=Cc1ccc(CCCc2ccccc2)s1. The Morgan fingerprint density at radius 3 is 2.37 bits per heavy atom. The summed E-state index contributed by atoms with van der Waals surface area (Å²) < 4.78 is 0. The number of carbonyl (C=O) groups is 1. The molecule has 0 aliphatic carbocycles. The molecule has 1 aromatic carbocycles. The van der Waals surface area contributed by atoms with Crippen LogP contribution in [0.1, 0.15) is 73.1 Å². The molecule has 0 fully saturated rings. The van der Waals surface area contributed by atoms with Crippen LogP contribution in [0.3, 0.4) is 0 Å². The molecule has 146 valence electrons. The van der Waals surface area contributed by atoms with Gasteiger partial charge in [-0.2, -0.15) is 0 Å². The van der Waals surface area contributed by atoms with E-state index in [2.05, 4.69) is 54.6 Å². The van der Waals surface area contributed by atoms with Crippen molar-refractivity contribution in [2.45, 2.75) is 70.6 Å². The Morgan fingerprint density at radius 2 is 1.59 bits per heavy atom. The van der Waals surface area contributed by atoms with Crippen molar-refractivity contribution in [1.29, 1.82) is 0 Å². The van der Waals surface area contributed by atoms with Gasteiger partial charge in [0, 0.05) is 16.2 Å². The van der Waals surface area contributed by atoms with Gasteiger partial charge >= 0.3 is 5.97 Å². The molecule has 0 saturated carbocycles. The van der Waals surface area contributed by atoms with Crippen LogP contribution in [0.4, 0.5) is 0 Å². The molecule has 3 heteroatoms. The van der Waals surface area contributed by atoms with Gasteiger partial charge in [-0.3, -0.25) is 4.79 Å². The highest BCUT2D eigenvalue weighted by Crippen LogP contribution is 2.21. The summed E-state index contributed by atoms with van der Waals surface area (Å²) in [4.78, 5) is 13.3. The number of unbranched alkanes of at least 4 members (excludes halogenated alkanes) is 6. The van der Waals surface area contributed by atoms with Gasteiger partial charge in [0.05, 0.1) is 0 Å². The summed E-state index contributed by atoms with van der Waals surface area (Å²) in [5.74, 6) is -0.673. The van der Waals surface area contributed by atoms with Crippen molar-refractivity contribution < 1.29 is 9.90 Å². The van der Waals surface area contributed by atoms with Gasteiger partial charge in [-0.25, -0.2) is 0 Å². The second-order valence-electron chi connectivity index (χ2n) is 7.10. The smallest absolute Gasteiger partial charge is 0.303 e. The second-order valence-corrected chi connectivity index (χ2v) is 8.30. The molecule has 0 aliphatic rings. The molecule has 2 rings (SSSR count). The standard InChI is InChI=1S/C24H32O2S/c25-24(26)18-11-6-4-2-1-3-5-10-16-22-19-20-23(27-22)17-12-15-21-13-8-7-9-14-21/h7-10,13-14,16,19-20H,1-6,11-12,15,17-18H2,(H,25,26). The van der Waals surface area contributed by atoms with Gasteiger partial charge in [0.1, 0.15) is 0 Å². The number of rotatable bonds is 14. The van der Waals surface area contributed by atoms with E-state index in [1.54, 1.807) is 0 Å². The molecular formula is C24H32O2S. The van der Waals surface area contributed by atoms with E-state index in [0.29, 0.717) is 6.42 Å². The predicted octanol–water partition coefficient (Wildman–Crippen LogP) is 7.14. The Balaban J connectivity index is 1.51. The van der Waals surface area contributed by atoms with E-state index < -0.39 is 5.97 Å². The molecule has 1 N–H and O–H groups in total. The van der Waals surface area contributed by atoms with Gasteiger partial charge < -0.3 is 5.11 Å². The number of aliphatic carboxylic acids is 1. The zero-order valence-corrected chi connectivity index (χ0v) is 17.1. The first-order valence-corrected chi connectivity index (χ1v) is 11.1. The normalized spacial score (nSPS) is 11.3. The van der Waals surface area contributed by atoms with Crippen LogP contribution in [0, 0.1) is 0 Å². The molecule has 2 nitrogen and oxygen atoms in total. The number of benzene rings is 1. The van der Waals surface area contributed by atoms with E-state index in [4.69, 9.17) is 5.11 Å².